The number of amides is 1. The third kappa shape index (κ3) is 5.12. The van der Waals surface area contributed by atoms with Crippen LogP contribution in [0.3, 0.4) is 0 Å². The van der Waals surface area contributed by atoms with Crippen LogP contribution in [-0.2, 0) is 11.3 Å². The lowest BCUT2D eigenvalue weighted by atomic mass is 10.1. The lowest BCUT2D eigenvalue weighted by molar-refractivity contribution is -0.115. The van der Waals surface area contributed by atoms with E-state index in [1.54, 1.807) is 48.7 Å². The number of thioether (sulfide) groups is 1. The van der Waals surface area contributed by atoms with Gasteiger partial charge in [0, 0.05) is 17.8 Å². The molecule has 1 N–H and O–H groups in total. The van der Waals surface area contributed by atoms with E-state index in [9.17, 15) is 9.59 Å². The summed E-state index contributed by atoms with van der Waals surface area (Å²) in [6.07, 6.45) is 3.31. The molecule has 0 aliphatic rings. The maximum Gasteiger partial charge on any atom is 0.242 e. The number of aromatic nitrogens is 3. The van der Waals surface area contributed by atoms with Gasteiger partial charge in [-0.1, -0.05) is 60.3 Å². The molecule has 2 heterocycles. The fourth-order valence-corrected chi connectivity index (χ4v) is 4.33. The molecule has 8 heteroatoms. The molecule has 2 aromatic carbocycles. The third-order valence-corrected chi connectivity index (χ3v) is 6.11. The van der Waals surface area contributed by atoms with E-state index in [1.165, 1.54) is 18.7 Å². The number of benzene rings is 2. The second-order valence-electron chi connectivity index (χ2n) is 7.22. The van der Waals surface area contributed by atoms with Crippen molar-refractivity contribution in [3.05, 3.63) is 96.8 Å². The quantitative estimate of drug-likeness (QED) is 0.205. The van der Waals surface area contributed by atoms with Crippen LogP contribution < -0.4 is 5.32 Å². The molecule has 0 fully saturated rings. The Bertz CT molecular complexity index is 1270. The summed E-state index contributed by atoms with van der Waals surface area (Å²) in [5, 5.41) is 11.5. The Hall–Kier alpha value is -3.91. The lowest BCUT2D eigenvalue weighted by Gasteiger charge is -2.17. The average Bonchev–Trinajstić information content (AvgIpc) is 3.48. The Kier molecular flexibility index (Phi) is 6.85. The number of furan rings is 1. The van der Waals surface area contributed by atoms with Crippen LogP contribution >= 0.6 is 11.8 Å². The normalized spacial score (nSPS) is 11.7. The molecule has 2 aromatic heterocycles. The van der Waals surface area contributed by atoms with Crippen molar-refractivity contribution in [1.82, 2.24) is 14.8 Å². The van der Waals surface area contributed by atoms with Crippen LogP contribution in [0.15, 0.2) is 95.2 Å². The minimum absolute atomic E-state index is 0.0666. The molecule has 0 aliphatic carbocycles. The van der Waals surface area contributed by atoms with Gasteiger partial charge >= 0.3 is 0 Å². The highest BCUT2D eigenvalue weighted by Crippen LogP contribution is 2.37. The van der Waals surface area contributed by atoms with Gasteiger partial charge in [0.25, 0.3) is 0 Å². The fourth-order valence-electron chi connectivity index (χ4n) is 3.29. The first-order valence-electron chi connectivity index (χ1n) is 10.3. The molecular formula is C25H22N4O3S. The number of ketones is 1. The molecule has 1 amide bonds. The van der Waals surface area contributed by atoms with E-state index in [1.807, 2.05) is 34.9 Å². The molecule has 0 spiro atoms. The van der Waals surface area contributed by atoms with Crippen LogP contribution in [0, 0.1) is 0 Å². The highest BCUT2D eigenvalue weighted by atomic mass is 32.2. The molecule has 1 unspecified atom stereocenters. The summed E-state index contributed by atoms with van der Waals surface area (Å²) in [5.41, 5.74) is 1.90. The number of carbonyl (C=O) groups excluding carboxylic acids is 2. The standard InChI is InChI=1S/C25H22N4O3S/c1-3-14-29-23(21-13-8-15-32-21)27-28-25(29)33-22(18-9-5-4-6-10-18)24(31)26-20-12-7-11-19(16-20)17(2)30/h3-13,15-16,22H,1,14H2,2H3,(H,26,31). The van der Waals surface area contributed by atoms with E-state index in [2.05, 4.69) is 22.1 Å². The van der Waals surface area contributed by atoms with Gasteiger partial charge in [-0.05, 0) is 36.8 Å². The predicted octanol–water partition coefficient (Wildman–Crippen LogP) is 5.40. The number of rotatable bonds is 9. The molecule has 166 valence electrons. The van der Waals surface area contributed by atoms with Gasteiger partial charge in [-0.2, -0.15) is 0 Å². The summed E-state index contributed by atoms with van der Waals surface area (Å²) in [6.45, 7) is 5.77. The summed E-state index contributed by atoms with van der Waals surface area (Å²) < 4.78 is 7.35. The molecule has 4 aromatic rings. The van der Waals surface area contributed by atoms with Gasteiger partial charge in [0.2, 0.25) is 11.7 Å². The smallest absolute Gasteiger partial charge is 0.242 e. The highest BCUT2D eigenvalue weighted by Gasteiger charge is 2.26. The lowest BCUT2D eigenvalue weighted by Crippen LogP contribution is -2.20. The van der Waals surface area contributed by atoms with E-state index in [0.717, 1.165) is 5.56 Å². The van der Waals surface area contributed by atoms with Crippen LogP contribution in [-0.4, -0.2) is 26.5 Å². The van der Waals surface area contributed by atoms with E-state index in [-0.39, 0.29) is 11.7 Å². The predicted molar refractivity (Wildman–Crippen MR) is 128 cm³/mol. The summed E-state index contributed by atoms with van der Waals surface area (Å²) in [4.78, 5) is 25.1. The maximum atomic E-state index is 13.4. The summed E-state index contributed by atoms with van der Waals surface area (Å²) in [5.74, 6) is 0.837. The summed E-state index contributed by atoms with van der Waals surface area (Å²) in [7, 11) is 0. The average molecular weight is 459 g/mol. The van der Waals surface area contributed by atoms with Crippen LogP contribution in [0.2, 0.25) is 0 Å². The second kappa shape index (κ2) is 10.1. The van der Waals surface area contributed by atoms with Crippen LogP contribution in [0.1, 0.15) is 28.1 Å². The molecule has 4 rings (SSSR count). The second-order valence-corrected chi connectivity index (χ2v) is 8.29. The first-order valence-corrected chi connectivity index (χ1v) is 11.2. The number of hydrogen-bond donors (Lipinski definition) is 1. The molecule has 0 saturated carbocycles. The van der Waals surface area contributed by atoms with Crippen molar-refractivity contribution in [2.24, 2.45) is 0 Å². The molecular weight excluding hydrogens is 436 g/mol. The van der Waals surface area contributed by atoms with E-state index < -0.39 is 5.25 Å². The number of Topliss-reactive ketones (excluding diaryl/α,β-unsaturated/α-hetero) is 1. The van der Waals surface area contributed by atoms with Gasteiger partial charge in [-0.15, -0.1) is 16.8 Å². The first-order chi connectivity index (χ1) is 16.1. The minimum atomic E-state index is -0.607. The van der Waals surface area contributed by atoms with Gasteiger partial charge in [0.05, 0.1) is 6.26 Å². The van der Waals surface area contributed by atoms with E-state index in [0.29, 0.717) is 34.5 Å². The molecule has 0 saturated heterocycles. The zero-order chi connectivity index (χ0) is 23.2. The van der Waals surface area contributed by atoms with E-state index in [4.69, 9.17) is 4.42 Å². The Morgan fingerprint density at radius 3 is 2.64 bits per heavy atom. The van der Waals surface area contributed by atoms with Crippen molar-refractivity contribution in [3.8, 4) is 11.6 Å². The monoisotopic (exact) mass is 458 g/mol. The number of nitrogens with zero attached hydrogens (tertiary/aromatic N) is 3. The number of nitrogens with one attached hydrogen (secondary N) is 1. The summed E-state index contributed by atoms with van der Waals surface area (Å²) >= 11 is 1.29. The number of hydrogen-bond acceptors (Lipinski definition) is 6. The third-order valence-electron chi connectivity index (χ3n) is 4.87. The highest BCUT2D eigenvalue weighted by molar-refractivity contribution is 8.00. The van der Waals surface area contributed by atoms with Crippen molar-refractivity contribution in [3.63, 3.8) is 0 Å². The van der Waals surface area contributed by atoms with Crippen LogP contribution in [0.5, 0.6) is 0 Å². The minimum Gasteiger partial charge on any atom is -0.461 e. The molecule has 0 radical (unpaired) electrons. The maximum absolute atomic E-state index is 13.4. The fraction of sp³-hybridized carbons (Fsp3) is 0.120. The molecule has 33 heavy (non-hydrogen) atoms. The molecule has 0 bridgehead atoms. The molecule has 0 aliphatic heterocycles. The zero-order valence-electron chi connectivity index (χ0n) is 18.0. The van der Waals surface area contributed by atoms with E-state index >= 15 is 0 Å². The van der Waals surface area contributed by atoms with Crippen LogP contribution in [0.4, 0.5) is 5.69 Å². The van der Waals surface area contributed by atoms with Gasteiger partial charge in [-0.25, -0.2) is 0 Å². The number of allylic oxidation sites excluding steroid dienone is 1. The van der Waals surface area contributed by atoms with Crippen molar-refractivity contribution in [2.45, 2.75) is 23.9 Å². The Labute approximate surface area is 195 Å². The van der Waals surface area contributed by atoms with Gasteiger partial charge in [0.15, 0.2) is 16.7 Å². The first kappa shape index (κ1) is 22.3. The molecule has 1 atom stereocenters. The van der Waals surface area contributed by atoms with Crippen molar-refractivity contribution in [2.75, 3.05) is 5.32 Å². The number of anilines is 1. The van der Waals surface area contributed by atoms with Gasteiger partial charge in [-0.3, -0.25) is 14.2 Å². The SMILES string of the molecule is C=CCn1c(SC(C(=O)Nc2cccc(C(C)=O)c2)c2ccccc2)nnc1-c1ccco1. The van der Waals surface area contributed by atoms with Crippen molar-refractivity contribution >= 4 is 29.1 Å². The molecule has 7 nitrogen and oxygen atoms in total. The zero-order valence-corrected chi connectivity index (χ0v) is 18.8. The van der Waals surface area contributed by atoms with Crippen molar-refractivity contribution < 1.29 is 14.0 Å². The van der Waals surface area contributed by atoms with Gasteiger partial charge in [0.1, 0.15) is 5.25 Å². The summed E-state index contributed by atoms with van der Waals surface area (Å²) in [6, 6.07) is 19.9. The Morgan fingerprint density at radius 2 is 1.94 bits per heavy atom. The topological polar surface area (TPSA) is 90.0 Å². The Morgan fingerprint density at radius 1 is 1.12 bits per heavy atom. The van der Waals surface area contributed by atoms with Crippen molar-refractivity contribution in [1.29, 1.82) is 0 Å². The largest absolute Gasteiger partial charge is 0.461 e. The number of carbonyl (C=O) groups is 2. The van der Waals surface area contributed by atoms with Crippen LogP contribution in [0.25, 0.3) is 11.6 Å². The van der Waals surface area contributed by atoms with Gasteiger partial charge < -0.3 is 9.73 Å². The Balaban J connectivity index is 1.66.